The normalized spacial score (nSPS) is 18.3. The lowest BCUT2D eigenvalue weighted by atomic mass is 9.94. The molecule has 4 rings (SSSR count). The van der Waals surface area contributed by atoms with Crippen LogP contribution in [0.4, 0.5) is 0 Å². The number of pyridine rings is 1. The van der Waals surface area contributed by atoms with Crippen molar-refractivity contribution in [1.29, 1.82) is 0 Å². The Balaban J connectivity index is 1.51. The maximum Gasteiger partial charge on any atom is 0.137 e. The largest absolute Gasteiger partial charge is 0.307 e. The zero-order chi connectivity index (χ0) is 13.4. The van der Waals surface area contributed by atoms with Gasteiger partial charge in [0, 0.05) is 29.9 Å². The summed E-state index contributed by atoms with van der Waals surface area (Å²) in [6, 6.07) is 8.87. The van der Waals surface area contributed by atoms with Crippen LogP contribution in [0.5, 0.6) is 0 Å². The molecule has 4 heteroatoms. The van der Waals surface area contributed by atoms with Gasteiger partial charge in [-0.25, -0.2) is 4.98 Å². The molecule has 3 heterocycles. The monoisotopic (exact) mass is 283 g/mol. The van der Waals surface area contributed by atoms with Gasteiger partial charge in [0.15, 0.2) is 0 Å². The highest BCUT2D eigenvalue weighted by Crippen LogP contribution is 2.33. The highest BCUT2D eigenvalue weighted by molar-refractivity contribution is 7.10. The molecule has 0 saturated carbocycles. The first-order valence-corrected chi connectivity index (χ1v) is 8.00. The van der Waals surface area contributed by atoms with E-state index in [1.54, 1.807) is 4.88 Å². The van der Waals surface area contributed by atoms with Crippen molar-refractivity contribution in [2.24, 2.45) is 0 Å². The second kappa shape index (κ2) is 5.04. The molecule has 0 radical (unpaired) electrons. The maximum atomic E-state index is 4.64. The van der Waals surface area contributed by atoms with E-state index in [0.717, 1.165) is 17.9 Å². The molecule has 1 N–H and O–H groups in total. The van der Waals surface area contributed by atoms with E-state index in [9.17, 15) is 0 Å². The summed E-state index contributed by atoms with van der Waals surface area (Å²) in [6.45, 7) is 0.835. The molecule has 1 unspecified atom stereocenters. The first-order chi connectivity index (χ1) is 9.90. The number of hydrogen-bond acceptors (Lipinski definition) is 3. The molecule has 20 heavy (non-hydrogen) atoms. The van der Waals surface area contributed by atoms with Crippen LogP contribution in [0, 0.1) is 0 Å². The second-order valence-electron chi connectivity index (χ2n) is 5.32. The molecule has 1 atom stereocenters. The fraction of sp³-hybridized carbons (Fsp3) is 0.312. The molecule has 0 fully saturated rings. The van der Waals surface area contributed by atoms with E-state index < -0.39 is 0 Å². The molecule has 0 aliphatic heterocycles. The Hall–Kier alpha value is -1.65. The molecule has 0 amide bonds. The number of nitrogens with zero attached hydrogens (tertiary/aromatic N) is 2. The van der Waals surface area contributed by atoms with Gasteiger partial charge in [0.2, 0.25) is 0 Å². The summed E-state index contributed by atoms with van der Waals surface area (Å²) in [7, 11) is 0. The molecule has 3 nitrogen and oxygen atoms in total. The maximum absolute atomic E-state index is 4.64. The summed E-state index contributed by atoms with van der Waals surface area (Å²) in [5.41, 5.74) is 3.63. The van der Waals surface area contributed by atoms with Crippen LogP contribution in [-0.2, 0) is 13.0 Å². The zero-order valence-electron chi connectivity index (χ0n) is 11.2. The Bertz CT molecular complexity index is 695. The number of hydrogen-bond donors (Lipinski definition) is 1. The summed E-state index contributed by atoms with van der Waals surface area (Å²) in [4.78, 5) is 6.20. The summed E-state index contributed by atoms with van der Waals surface area (Å²) in [5.74, 6) is 0. The first-order valence-electron chi connectivity index (χ1n) is 7.12. The third-order valence-corrected chi connectivity index (χ3v) is 4.99. The second-order valence-corrected chi connectivity index (χ2v) is 6.32. The van der Waals surface area contributed by atoms with Gasteiger partial charge in [0.05, 0.1) is 5.69 Å². The lowest BCUT2D eigenvalue weighted by Crippen LogP contribution is -2.23. The smallest absolute Gasteiger partial charge is 0.137 e. The average Bonchev–Trinajstić information content (AvgIpc) is 3.11. The minimum Gasteiger partial charge on any atom is -0.307 e. The standard InChI is InChI=1S/C16H17N3S/c1-2-8-19-11-12(18-16(19)6-1)10-17-14-4-3-5-15-13(14)7-9-20-15/h1-2,6-9,11,14,17H,3-5,10H2. The van der Waals surface area contributed by atoms with Crippen LogP contribution in [0.15, 0.2) is 42.0 Å². The van der Waals surface area contributed by atoms with Gasteiger partial charge in [-0.1, -0.05) is 6.07 Å². The Morgan fingerprint density at radius 1 is 1.35 bits per heavy atom. The fourth-order valence-electron chi connectivity index (χ4n) is 3.00. The van der Waals surface area contributed by atoms with Crippen LogP contribution >= 0.6 is 11.3 Å². The number of aryl methyl sites for hydroxylation is 1. The molecule has 1 aliphatic carbocycles. The Morgan fingerprint density at radius 3 is 3.30 bits per heavy atom. The van der Waals surface area contributed by atoms with Crippen molar-refractivity contribution in [2.75, 3.05) is 0 Å². The summed E-state index contributed by atoms with van der Waals surface area (Å²) < 4.78 is 2.08. The van der Waals surface area contributed by atoms with E-state index in [2.05, 4.69) is 32.3 Å². The average molecular weight is 283 g/mol. The Morgan fingerprint density at radius 2 is 2.35 bits per heavy atom. The zero-order valence-corrected chi connectivity index (χ0v) is 12.1. The number of nitrogens with one attached hydrogen (secondary N) is 1. The lowest BCUT2D eigenvalue weighted by molar-refractivity contribution is 0.461. The van der Waals surface area contributed by atoms with E-state index in [1.807, 2.05) is 35.7 Å². The van der Waals surface area contributed by atoms with Crippen LogP contribution in [0.25, 0.3) is 5.65 Å². The summed E-state index contributed by atoms with van der Waals surface area (Å²) in [6.07, 6.45) is 7.93. The van der Waals surface area contributed by atoms with E-state index >= 15 is 0 Å². The van der Waals surface area contributed by atoms with E-state index in [0.29, 0.717) is 6.04 Å². The summed E-state index contributed by atoms with van der Waals surface area (Å²) >= 11 is 1.89. The van der Waals surface area contributed by atoms with Crippen LogP contribution in [-0.4, -0.2) is 9.38 Å². The van der Waals surface area contributed by atoms with Gasteiger partial charge >= 0.3 is 0 Å². The van der Waals surface area contributed by atoms with Crippen LogP contribution in [0.2, 0.25) is 0 Å². The number of aromatic nitrogens is 2. The molecule has 0 aromatic carbocycles. The van der Waals surface area contributed by atoms with Gasteiger partial charge in [0.25, 0.3) is 0 Å². The topological polar surface area (TPSA) is 29.3 Å². The Labute approximate surface area is 122 Å². The number of thiophene rings is 1. The minimum atomic E-state index is 0.495. The fourth-order valence-corrected chi connectivity index (χ4v) is 3.99. The molecule has 1 aliphatic rings. The molecule has 0 spiro atoms. The van der Waals surface area contributed by atoms with Crippen LogP contribution in [0.1, 0.15) is 35.0 Å². The van der Waals surface area contributed by atoms with Crippen molar-refractivity contribution in [3.63, 3.8) is 0 Å². The van der Waals surface area contributed by atoms with E-state index in [4.69, 9.17) is 0 Å². The molecular weight excluding hydrogens is 266 g/mol. The van der Waals surface area contributed by atoms with Crippen molar-refractivity contribution in [2.45, 2.75) is 31.8 Å². The van der Waals surface area contributed by atoms with E-state index in [-0.39, 0.29) is 0 Å². The first kappa shape index (κ1) is 12.1. The molecule has 102 valence electrons. The van der Waals surface area contributed by atoms with Crippen LogP contribution in [0.3, 0.4) is 0 Å². The molecule has 0 saturated heterocycles. The predicted molar refractivity (Wildman–Crippen MR) is 82.0 cm³/mol. The molecule has 0 bridgehead atoms. The molecule has 3 aromatic rings. The van der Waals surface area contributed by atoms with Crippen molar-refractivity contribution in [1.82, 2.24) is 14.7 Å². The van der Waals surface area contributed by atoms with Gasteiger partial charge in [-0.15, -0.1) is 11.3 Å². The highest BCUT2D eigenvalue weighted by Gasteiger charge is 2.20. The predicted octanol–water partition coefficient (Wildman–Crippen LogP) is 3.56. The van der Waals surface area contributed by atoms with Gasteiger partial charge in [-0.3, -0.25) is 0 Å². The number of fused-ring (bicyclic) bond motifs is 2. The van der Waals surface area contributed by atoms with Crippen molar-refractivity contribution in [3.05, 3.63) is 58.2 Å². The quantitative estimate of drug-likeness (QED) is 0.796. The number of rotatable bonds is 3. The Kier molecular flexibility index (Phi) is 3.05. The third-order valence-electron chi connectivity index (χ3n) is 4.00. The minimum absolute atomic E-state index is 0.495. The highest BCUT2D eigenvalue weighted by atomic mass is 32.1. The molecule has 3 aromatic heterocycles. The van der Waals surface area contributed by atoms with Crippen molar-refractivity contribution < 1.29 is 0 Å². The summed E-state index contributed by atoms with van der Waals surface area (Å²) in [5, 5.41) is 5.89. The SMILES string of the molecule is c1ccn2cc(CNC3CCCc4sccc43)nc2c1. The van der Waals surface area contributed by atoms with Crippen molar-refractivity contribution >= 4 is 17.0 Å². The molecular formula is C16H17N3S. The third kappa shape index (κ3) is 2.15. The van der Waals surface area contributed by atoms with Crippen LogP contribution < -0.4 is 5.32 Å². The van der Waals surface area contributed by atoms with Gasteiger partial charge in [-0.05, 0) is 48.4 Å². The van der Waals surface area contributed by atoms with E-state index in [1.165, 1.54) is 24.8 Å². The van der Waals surface area contributed by atoms with Gasteiger partial charge in [0.1, 0.15) is 5.65 Å². The van der Waals surface area contributed by atoms with Crippen molar-refractivity contribution in [3.8, 4) is 0 Å². The van der Waals surface area contributed by atoms with Gasteiger partial charge in [-0.2, -0.15) is 0 Å². The number of imidazole rings is 1. The lowest BCUT2D eigenvalue weighted by Gasteiger charge is -2.23. The van der Waals surface area contributed by atoms with Gasteiger partial charge < -0.3 is 9.72 Å².